The van der Waals surface area contributed by atoms with Gasteiger partial charge in [-0.15, -0.1) is 0 Å². The fourth-order valence-corrected chi connectivity index (χ4v) is 1.98. The molecule has 0 spiro atoms. The molecular weight excluding hydrogens is 276 g/mol. The fraction of sp³-hybridized carbons (Fsp3) is 0. The van der Waals surface area contributed by atoms with Crippen molar-refractivity contribution in [2.24, 2.45) is 5.10 Å². The number of pyridine rings is 1. The van der Waals surface area contributed by atoms with Crippen LogP contribution < -0.4 is 5.43 Å². The highest BCUT2D eigenvalue weighted by atomic mass is 16.2. The molecule has 3 rings (SSSR count). The summed E-state index contributed by atoms with van der Waals surface area (Å²) in [6, 6.07) is 15.2. The summed E-state index contributed by atoms with van der Waals surface area (Å²) in [4.78, 5) is 15.7. The van der Waals surface area contributed by atoms with E-state index < -0.39 is 0 Å². The van der Waals surface area contributed by atoms with Gasteiger partial charge in [0.1, 0.15) is 0 Å². The Bertz CT molecular complexity index is 779. The lowest BCUT2D eigenvalue weighted by molar-refractivity contribution is 0.0955. The highest BCUT2D eigenvalue weighted by Crippen LogP contribution is 2.08. The molecule has 0 aliphatic heterocycles. The summed E-state index contributed by atoms with van der Waals surface area (Å²) in [5.74, 6) is -0.263. The van der Waals surface area contributed by atoms with Crippen LogP contribution in [0.25, 0.3) is 5.69 Å². The number of nitrogens with one attached hydrogen (secondary N) is 1. The van der Waals surface area contributed by atoms with E-state index in [0.717, 1.165) is 11.3 Å². The average molecular weight is 290 g/mol. The predicted molar refractivity (Wildman–Crippen MR) is 85.1 cm³/mol. The first-order valence-electron chi connectivity index (χ1n) is 6.80. The van der Waals surface area contributed by atoms with Gasteiger partial charge in [0.05, 0.1) is 6.21 Å². The zero-order chi connectivity index (χ0) is 15.2. The Balaban J connectivity index is 1.64. The number of rotatable bonds is 4. The van der Waals surface area contributed by atoms with Gasteiger partial charge in [-0.3, -0.25) is 9.78 Å². The maximum absolute atomic E-state index is 11.8. The quantitative estimate of drug-likeness (QED) is 0.593. The maximum atomic E-state index is 11.8. The molecule has 5 heteroatoms. The molecule has 0 saturated carbocycles. The normalized spacial score (nSPS) is 10.7. The molecule has 0 fully saturated rings. The molecule has 5 nitrogen and oxygen atoms in total. The molecule has 1 aromatic carbocycles. The second-order valence-electron chi connectivity index (χ2n) is 4.62. The zero-order valence-corrected chi connectivity index (χ0v) is 11.8. The molecule has 0 saturated heterocycles. The van der Waals surface area contributed by atoms with E-state index in [1.165, 1.54) is 0 Å². The van der Waals surface area contributed by atoms with Gasteiger partial charge in [0, 0.05) is 41.6 Å². The summed E-state index contributed by atoms with van der Waals surface area (Å²) >= 11 is 0. The second kappa shape index (κ2) is 6.49. The van der Waals surface area contributed by atoms with E-state index in [1.807, 2.05) is 53.4 Å². The van der Waals surface area contributed by atoms with E-state index in [-0.39, 0.29) is 5.91 Å². The molecule has 1 N–H and O–H groups in total. The number of hydrazone groups is 1. The van der Waals surface area contributed by atoms with Crippen LogP contribution in [0.3, 0.4) is 0 Å². The molecule has 108 valence electrons. The molecule has 0 bridgehead atoms. The number of benzene rings is 1. The predicted octanol–water partition coefficient (Wildman–Crippen LogP) is 2.64. The summed E-state index contributed by atoms with van der Waals surface area (Å²) in [7, 11) is 0. The van der Waals surface area contributed by atoms with Gasteiger partial charge < -0.3 is 4.57 Å². The van der Waals surface area contributed by atoms with Gasteiger partial charge in [-0.2, -0.15) is 5.10 Å². The van der Waals surface area contributed by atoms with Crippen LogP contribution in [0.1, 0.15) is 15.9 Å². The van der Waals surface area contributed by atoms with Crippen molar-refractivity contribution in [1.29, 1.82) is 0 Å². The average Bonchev–Trinajstić information content (AvgIpc) is 3.05. The minimum Gasteiger partial charge on any atom is -0.323 e. The summed E-state index contributed by atoms with van der Waals surface area (Å²) in [6.45, 7) is 0. The van der Waals surface area contributed by atoms with Crippen LogP contribution in [0, 0.1) is 0 Å². The van der Waals surface area contributed by atoms with Crippen molar-refractivity contribution in [3.05, 3.63) is 84.4 Å². The number of para-hydroxylation sites is 1. The van der Waals surface area contributed by atoms with Gasteiger partial charge in [0.2, 0.25) is 0 Å². The van der Waals surface area contributed by atoms with Crippen LogP contribution in [0.2, 0.25) is 0 Å². The van der Waals surface area contributed by atoms with Gasteiger partial charge >= 0.3 is 0 Å². The Labute approximate surface area is 127 Å². The highest BCUT2D eigenvalue weighted by molar-refractivity contribution is 5.94. The van der Waals surface area contributed by atoms with Gasteiger partial charge in [-0.25, -0.2) is 5.43 Å². The Hall–Kier alpha value is -3.21. The molecule has 3 aromatic rings. The Morgan fingerprint density at radius 3 is 2.64 bits per heavy atom. The second-order valence-corrected chi connectivity index (χ2v) is 4.62. The van der Waals surface area contributed by atoms with E-state index in [9.17, 15) is 4.79 Å². The van der Waals surface area contributed by atoms with Crippen LogP contribution in [-0.2, 0) is 0 Å². The first-order chi connectivity index (χ1) is 10.8. The molecule has 2 heterocycles. The third-order valence-corrected chi connectivity index (χ3v) is 3.09. The SMILES string of the molecule is O=C(N/N=C\c1ccn(-c2ccccc2)c1)c1ccncc1. The number of nitrogens with zero attached hydrogens (tertiary/aromatic N) is 3. The molecule has 0 atom stereocenters. The molecular formula is C17H14N4O. The molecule has 0 aliphatic carbocycles. The molecule has 0 radical (unpaired) electrons. The molecule has 0 unspecified atom stereocenters. The third kappa shape index (κ3) is 3.27. The Morgan fingerprint density at radius 2 is 1.86 bits per heavy atom. The largest absolute Gasteiger partial charge is 0.323 e. The van der Waals surface area contributed by atoms with Crippen LogP contribution >= 0.6 is 0 Å². The van der Waals surface area contributed by atoms with Gasteiger partial charge in [0.15, 0.2) is 0 Å². The topological polar surface area (TPSA) is 59.3 Å². The van der Waals surface area contributed by atoms with Crippen LogP contribution in [-0.4, -0.2) is 21.7 Å². The van der Waals surface area contributed by atoms with Crippen molar-refractivity contribution in [3.63, 3.8) is 0 Å². The lowest BCUT2D eigenvalue weighted by Gasteiger charge is -2.00. The van der Waals surface area contributed by atoms with Crippen LogP contribution in [0.4, 0.5) is 0 Å². The van der Waals surface area contributed by atoms with E-state index in [1.54, 1.807) is 30.7 Å². The molecule has 0 aliphatic rings. The first kappa shape index (κ1) is 13.8. The van der Waals surface area contributed by atoms with Crippen molar-refractivity contribution in [2.75, 3.05) is 0 Å². The fourth-order valence-electron chi connectivity index (χ4n) is 1.98. The minimum absolute atomic E-state index is 0.263. The van der Waals surface area contributed by atoms with Crippen molar-refractivity contribution in [1.82, 2.24) is 15.0 Å². The highest BCUT2D eigenvalue weighted by Gasteiger charge is 2.02. The van der Waals surface area contributed by atoms with E-state index in [0.29, 0.717) is 5.56 Å². The van der Waals surface area contributed by atoms with E-state index in [4.69, 9.17) is 0 Å². The molecule has 1 amide bonds. The number of carbonyl (C=O) groups excluding carboxylic acids is 1. The number of hydrogen-bond acceptors (Lipinski definition) is 3. The van der Waals surface area contributed by atoms with Crippen LogP contribution in [0.15, 0.2) is 78.4 Å². The standard InChI is InChI=1S/C17H14N4O/c22-17(15-6-9-18-10-7-15)20-19-12-14-8-11-21(13-14)16-4-2-1-3-5-16/h1-13H,(H,20,22)/b19-12-. The number of hydrogen-bond donors (Lipinski definition) is 1. The monoisotopic (exact) mass is 290 g/mol. The van der Waals surface area contributed by atoms with Gasteiger partial charge in [-0.1, -0.05) is 18.2 Å². The molecule has 2 aromatic heterocycles. The Morgan fingerprint density at radius 1 is 1.09 bits per heavy atom. The Kier molecular flexibility index (Phi) is 4.06. The lowest BCUT2D eigenvalue weighted by Crippen LogP contribution is -2.17. The van der Waals surface area contributed by atoms with Gasteiger partial charge in [-0.05, 0) is 30.3 Å². The summed E-state index contributed by atoms with van der Waals surface area (Å²) in [6.07, 6.45) is 8.63. The summed E-state index contributed by atoms with van der Waals surface area (Å²) in [5, 5.41) is 3.97. The lowest BCUT2D eigenvalue weighted by atomic mass is 10.3. The smallest absolute Gasteiger partial charge is 0.271 e. The van der Waals surface area contributed by atoms with Crippen molar-refractivity contribution < 1.29 is 4.79 Å². The number of aromatic nitrogens is 2. The van der Waals surface area contributed by atoms with Crippen LogP contribution in [0.5, 0.6) is 0 Å². The van der Waals surface area contributed by atoms with E-state index >= 15 is 0 Å². The summed E-state index contributed by atoms with van der Waals surface area (Å²) in [5.41, 5.74) is 4.99. The summed E-state index contributed by atoms with van der Waals surface area (Å²) < 4.78 is 1.99. The molecule has 22 heavy (non-hydrogen) atoms. The maximum Gasteiger partial charge on any atom is 0.271 e. The number of amides is 1. The minimum atomic E-state index is -0.263. The van der Waals surface area contributed by atoms with Gasteiger partial charge in [0.25, 0.3) is 5.91 Å². The number of carbonyl (C=O) groups is 1. The first-order valence-corrected chi connectivity index (χ1v) is 6.80. The third-order valence-electron chi connectivity index (χ3n) is 3.09. The van der Waals surface area contributed by atoms with Crippen molar-refractivity contribution >= 4 is 12.1 Å². The van der Waals surface area contributed by atoms with Crippen molar-refractivity contribution in [3.8, 4) is 5.69 Å². The van der Waals surface area contributed by atoms with Crippen molar-refractivity contribution in [2.45, 2.75) is 0 Å². The van der Waals surface area contributed by atoms with E-state index in [2.05, 4.69) is 15.5 Å². The zero-order valence-electron chi connectivity index (χ0n) is 11.8.